The molecule has 1 aliphatic heterocycles. The standard InChI is InChI=1S/C21H16N2O3/c24-21(18-10-11-19-20(12-18)26-14-25-19)23-22-13-15-6-8-17(9-7-15)16-4-2-1-3-5-16/h1-13H,14H2,(H,23,24)/b22-13+. The summed E-state index contributed by atoms with van der Waals surface area (Å²) in [5, 5.41) is 4.02. The van der Waals surface area contributed by atoms with E-state index in [0.717, 1.165) is 16.7 Å². The van der Waals surface area contributed by atoms with Gasteiger partial charge in [0.15, 0.2) is 11.5 Å². The summed E-state index contributed by atoms with van der Waals surface area (Å²) in [5.74, 6) is 0.905. The Balaban J connectivity index is 1.40. The van der Waals surface area contributed by atoms with Crippen LogP contribution in [-0.4, -0.2) is 18.9 Å². The number of hydrogen-bond donors (Lipinski definition) is 1. The Morgan fingerprint density at radius 2 is 1.62 bits per heavy atom. The van der Waals surface area contributed by atoms with E-state index in [4.69, 9.17) is 9.47 Å². The summed E-state index contributed by atoms with van der Waals surface area (Å²) >= 11 is 0. The average Bonchev–Trinajstić information content (AvgIpc) is 3.17. The molecule has 1 aliphatic rings. The van der Waals surface area contributed by atoms with Gasteiger partial charge in [0.1, 0.15) is 0 Å². The van der Waals surface area contributed by atoms with Gasteiger partial charge in [0, 0.05) is 5.56 Å². The van der Waals surface area contributed by atoms with E-state index in [-0.39, 0.29) is 12.7 Å². The first kappa shape index (κ1) is 15.9. The van der Waals surface area contributed by atoms with E-state index >= 15 is 0 Å². The number of hydrogen-bond acceptors (Lipinski definition) is 4. The first-order chi connectivity index (χ1) is 12.8. The highest BCUT2D eigenvalue weighted by molar-refractivity contribution is 5.95. The zero-order chi connectivity index (χ0) is 17.8. The molecule has 0 radical (unpaired) electrons. The van der Waals surface area contributed by atoms with Crippen molar-refractivity contribution in [3.8, 4) is 22.6 Å². The Morgan fingerprint density at radius 1 is 0.885 bits per heavy atom. The van der Waals surface area contributed by atoms with Crippen LogP contribution in [0.4, 0.5) is 0 Å². The summed E-state index contributed by atoms with van der Waals surface area (Å²) in [6, 6.07) is 23.1. The van der Waals surface area contributed by atoms with Gasteiger partial charge in [-0.15, -0.1) is 0 Å². The highest BCUT2D eigenvalue weighted by atomic mass is 16.7. The maximum atomic E-state index is 12.2. The van der Waals surface area contributed by atoms with Gasteiger partial charge in [-0.2, -0.15) is 5.10 Å². The van der Waals surface area contributed by atoms with Gasteiger partial charge < -0.3 is 9.47 Å². The fourth-order valence-corrected chi connectivity index (χ4v) is 2.66. The van der Waals surface area contributed by atoms with Crippen LogP contribution in [0.1, 0.15) is 15.9 Å². The van der Waals surface area contributed by atoms with E-state index in [0.29, 0.717) is 17.1 Å². The third kappa shape index (κ3) is 3.42. The second-order valence-electron chi connectivity index (χ2n) is 5.76. The van der Waals surface area contributed by atoms with Gasteiger partial charge in [-0.1, -0.05) is 54.6 Å². The zero-order valence-corrected chi connectivity index (χ0v) is 13.9. The van der Waals surface area contributed by atoms with Crippen LogP contribution in [0.3, 0.4) is 0 Å². The maximum Gasteiger partial charge on any atom is 0.271 e. The summed E-state index contributed by atoms with van der Waals surface area (Å²) in [4.78, 5) is 12.2. The molecule has 0 fully saturated rings. The second-order valence-corrected chi connectivity index (χ2v) is 5.76. The topological polar surface area (TPSA) is 59.9 Å². The highest BCUT2D eigenvalue weighted by Crippen LogP contribution is 2.32. The Morgan fingerprint density at radius 3 is 2.42 bits per heavy atom. The van der Waals surface area contributed by atoms with Crippen LogP contribution in [-0.2, 0) is 0 Å². The van der Waals surface area contributed by atoms with Gasteiger partial charge >= 0.3 is 0 Å². The molecule has 5 nitrogen and oxygen atoms in total. The number of carbonyl (C=O) groups is 1. The van der Waals surface area contributed by atoms with Crippen molar-refractivity contribution >= 4 is 12.1 Å². The lowest BCUT2D eigenvalue weighted by Crippen LogP contribution is -2.17. The normalized spacial score (nSPS) is 12.3. The fourth-order valence-electron chi connectivity index (χ4n) is 2.66. The van der Waals surface area contributed by atoms with Crippen molar-refractivity contribution in [2.75, 3.05) is 6.79 Å². The summed E-state index contributed by atoms with van der Waals surface area (Å²) in [5.41, 5.74) is 6.17. The van der Waals surface area contributed by atoms with Crippen LogP contribution >= 0.6 is 0 Å². The van der Waals surface area contributed by atoms with E-state index in [1.165, 1.54) is 0 Å². The van der Waals surface area contributed by atoms with E-state index < -0.39 is 0 Å². The quantitative estimate of drug-likeness (QED) is 0.578. The molecule has 1 N–H and O–H groups in total. The van der Waals surface area contributed by atoms with E-state index in [2.05, 4.69) is 22.7 Å². The molecule has 1 heterocycles. The molecule has 0 bridgehead atoms. The van der Waals surface area contributed by atoms with Crippen LogP contribution in [0.2, 0.25) is 0 Å². The van der Waals surface area contributed by atoms with Crippen LogP contribution in [0.15, 0.2) is 77.9 Å². The van der Waals surface area contributed by atoms with Crippen molar-refractivity contribution in [1.82, 2.24) is 5.43 Å². The van der Waals surface area contributed by atoms with Crippen LogP contribution in [0, 0.1) is 0 Å². The molecule has 0 spiro atoms. The van der Waals surface area contributed by atoms with Crippen LogP contribution in [0.5, 0.6) is 11.5 Å². The van der Waals surface area contributed by atoms with Crippen molar-refractivity contribution in [2.45, 2.75) is 0 Å². The van der Waals surface area contributed by atoms with Gasteiger partial charge in [-0.05, 0) is 34.9 Å². The summed E-state index contributed by atoms with van der Waals surface area (Å²) in [6.07, 6.45) is 1.61. The molecular weight excluding hydrogens is 328 g/mol. The monoisotopic (exact) mass is 344 g/mol. The fraction of sp³-hybridized carbons (Fsp3) is 0.0476. The Labute approximate surface area is 150 Å². The lowest BCUT2D eigenvalue weighted by molar-refractivity contribution is 0.0954. The number of nitrogens with zero attached hydrogens (tertiary/aromatic N) is 1. The van der Waals surface area contributed by atoms with Crippen molar-refractivity contribution < 1.29 is 14.3 Å². The van der Waals surface area contributed by atoms with Crippen molar-refractivity contribution in [3.05, 3.63) is 83.9 Å². The summed E-state index contributed by atoms with van der Waals surface area (Å²) in [7, 11) is 0. The number of amides is 1. The Hall–Kier alpha value is -3.60. The molecule has 5 heteroatoms. The molecule has 0 unspecified atom stereocenters. The maximum absolute atomic E-state index is 12.2. The summed E-state index contributed by atoms with van der Waals surface area (Å²) in [6.45, 7) is 0.178. The molecular formula is C21H16N2O3. The first-order valence-electron chi connectivity index (χ1n) is 8.18. The van der Waals surface area contributed by atoms with Gasteiger partial charge in [0.25, 0.3) is 5.91 Å². The molecule has 0 aliphatic carbocycles. The molecule has 4 rings (SSSR count). The molecule has 0 atom stereocenters. The number of hydrazone groups is 1. The zero-order valence-electron chi connectivity index (χ0n) is 13.9. The molecule has 0 aromatic heterocycles. The number of nitrogens with one attached hydrogen (secondary N) is 1. The molecule has 128 valence electrons. The first-order valence-corrected chi connectivity index (χ1v) is 8.18. The van der Waals surface area contributed by atoms with Crippen molar-refractivity contribution in [1.29, 1.82) is 0 Å². The Kier molecular flexibility index (Phi) is 4.35. The molecule has 0 saturated heterocycles. The number of rotatable bonds is 4. The predicted molar refractivity (Wildman–Crippen MR) is 99.5 cm³/mol. The largest absolute Gasteiger partial charge is 0.454 e. The Bertz CT molecular complexity index is 951. The predicted octanol–water partition coefficient (Wildman–Crippen LogP) is 3.85. The lowest BCUT2D eigenvalue weighted by Gasteiger charge is -2.03. The minimum absolute atomic E-state index is 0.178. The molecule has 26 heavy (non-hydrogen) atoms. The van der Waals surface area contributed by atoms with Gasteiger partial charge in [0.2, 0.25) is 6.79 Å². The van der Waals surface area contributed by atoms with Crippen molar-refractivity contribution in [3.63, 3.8) is 0 Å². The van der Waals surface area contributed by atoms with E-state index in [1.807, 2.05) is 42.5 Å². The molecule has 3 aromatic carbocycles. The second kappa shape index (κ2) is 7.11. The number of benzene rings is 3. The van der Waals surface area contributed by atoms with E-state index in [1.54, 1.807) is 24.4 Å². The minimum atomic E-state index is -0.305. The minimum Gasteiger partial charge on any atom is -0.454 e. The summed E-state index contributed by atoms with van der Waals surface area (Å²) < 4.78 is 10.5. The van der Waals surface area contributed by atoms with Gasteiger partial charge in [-0.25, -0.2) is 5.43 Å². The third-order valence-corrected chi connectivity index (χ3v) is 4.03. The van der Waals surface area contributed by atoms with Crippen LogP contribution < -0.4 is 14.9 Å². The smallest absolute Gasteiger partial charge is 0.271 e. The SMILES string of the molecule is O=C(N/N=C/c1ccc(-c2ccccc2)cc1)c1ccc2c(c1)OCO2. The number of carbonyl (C=O) groups excluding carboxylic acids is 1. The van der Waals surface area contributed by atoms with Crippen molar-refractivity contribution in [2.24, 2.45) is 5.10 Å². The van der Waals surface area contributed by atoms with E-state index in [9.17, 15) is 4.79 Å². The molecule has 3 aromatic rings. The van der Waals surface area contributed by atoms with Gasteiger partial charge in [-0.3, -0.25) is 4.79 Å². The van der Waals surface area contributed by atoms with Crippen LogP contribution in [0.25, 0.3) is 11.1 Å². The van der Waals surface area contributed by atoms with Gasteiger partial charge in [0.05, 0.1) is 6.21 Å². The third-order valence-electron chi connectivity index (χ3n) is 4.03. The average molecular weight is 344 g/mol. The molecule has 1 amide bonds. The number of ether oxygens (including phenoxy) is 2. The highest BCUT2D eigenvalue weighted by Gasteiger charge is 2.15. The lowest BCUT2D eigenvalue weighted by atomic mass is 10.0. The molecule has 0 saturated carbocycles. The number of fused-ring (bicyclic) bond motifs is 1.